The van der Waals surface area contributed by atoms with Crippen molar-refractivity contribution in [3.63, 3.8) is 0 Å². The van der Waals surface area contributed by atoms with Gasteiger partial charge in [0.1, 0.15) is 18.3 Å². The molecule has 112 valence electrons. The van der Waals surface area contributed by atoms with Crippen molar-refractivity contribution in [2.45, 2.75) is 44.9 Å². The first-order chi connectivity index (χ1) is 9.28. The second-order valence-corrected chi connectivity index (χ2v) is 5.50. The van der Waals surface area contributed by atoms with E-state index in [1.807, 2.05) is 0 Å². The number of nitrogens with two attached hydrogens (primary N) is 1. The lowest BCUT2D eigenvalue weighted by Gasteiger charge is -2.22. The zero-order valence-corrected chi connectivity index (χ0v) is 12.1. The Morgan fingerprint density at radius 1 is 1.45 bits per heavy atom. The molecule has 6 heteroatoms. The van der Waals surface area contributed by atoms with Gasteiger partial charge in [-0.25, -0.2) is 4.98 Å². The molecule has 0 saturated heterocycles. The molecule has 20 heavy (non-hydrogen) atoms. The molecule has 0 saturated carbocycles. The minimum atomic E-state index is -0.968. The fourth-order valence-electron chi connectivity index (χ4n) is 1.44. The number of aliphatic hydroxyl groups excluding tert-OH is 1. The summed E-state index contributed by atoms with van der Waals surface area (Å²) in [5.74, 6) is -0.0436. The Bertz CT molecular complexity index is 417. The van der Waals surface area contributed by atoms with Gasteiger partial charge < -0.3 is 20.3 Å². The second-order valence-electron chi connectivity index (χ2n) is 5.50. The number of pyridine rings is 1. The standard InChI is InChI=1S/C14H22N2O4/c1-14(2,3)20-13(18)8-10(15)11(17)9-19-12-6-4-5-7-16-12/h4-7,10-11,17H,8-9,15H2,1-3H3/t10-,11?/m0/s1. The predicted molar refractivity (Wildman–Crippen MR) is 74.2 cm³/mol. The third-order valence-corrected chi connectivity index (χ3v) is 2.36. The minimum absolute atomic E-state index is 0.0268. The molecule has 0 aliphatic heterocycles. The number of hydrogen-bond donors (Lipinski definition) is 2. The highest BCUT2D eigenvalue weighted by molar-refractivity contribution is 5.70. The van der Waals surface area contributed by atoms with Crippen LogP contribution >= 0.6 is 0 Å². The fourth-order valence-corrected chi connectivity index (χ4v) is 1.44. The van der Waals surface area contributed by atoms with E-state index in [4.69, 9.17) is 15.2 Å². The number of rotatable bonds is 6. The van der Waals surface area contributed by atoms with Gasteiger partial charge in [0.25, 0.3) is 0 Å². The Hall–Kier alpha value is -1.66. The molecule has 3 N–H and O–H groups in total. The summed E-state index contributed by atoms with van der Waals surface area (Å²) in [6.07, 6.45) is 0.552. The third kappa shape index (κ3) is 6.49. The first kappa shape index (κ1) is 16.4. The van der Waals surface area contributed by atoms with E-state index in [0.717, 1.165) is 0 Å². The van der Waals surface area contributed by atoms with Crippen LogP contribution in [0.15, 0.2) is 24.4 Å². The quantitative estimate of drug-likeness (QED) is 0.752. The van der Waals surface area contributed by atoms with Gasteiger partial charge in [0, 0.05) is 18.3 Å². The van der Waals surface area contributed by atoms with E-state index in [9.17, 15) is 9.90 Å². The Balaban J connectivity index is 2.35. The summed E-state index contributed by atoms with van der Waals surface area (Å²) in [6.45, 7) is 5.30. The second kappa shape index (κ2) is 7.21. The number of aliphatic hydroxyl groups is 1. The number of hydrogen-bond acceptors (Lipinski definition) is 6. The third-order valence-electron chi connectivity index (χ3n) is 2.36. The van der Waals surface area contributed by atoms with Gasteiger partial charge in [0.05, 0.1) is 6.42 Å². The van der Waals surface area contributed by atoms with Crippen LogP contribution in [-0.2, 0) is 9.53 Å². The SMILES string of the molecule is CC(C)(C)OC(=O)C[C@H](N)C(O)COc1ccccn1. The smallest absolute Gasteiger partial charge is 0.307 e. The van der Waals surface area contributed by atoms with Gasteiger partial charge in [0.15, 0.2) is 0 Å². The van der Waals surface area contributed by atoms with Gasteiger partial charge >= 0.3 is 5.97 Å². The van der Waals surface area contributed by atoms with Crippen molar-refractivity contribution in [1.29, 1.82) is 0 Å². The van der Waals surface area contributed by atoms with Crippen molar-refractivity contribution in [1.82, 2.24) is 4.98 Å². The molecule has 1 aromatic heterocycles. The molecule has 1 rings (SSSR count). The summed E-state index contributed by atoms with van der Waals surface area (Å²) in [5.41, 5.74) is 5.19. The largest absolute Gasteiger partial charge is 0.475 e. The van der Waals surface area contributed by atoms with E-state index >= 15 is 0 Å². The predicted octanol–water partition coefficient (Wildman–Crippen LogP) is 0.880. The van der Waals surface area contributed by atoms with Crippen molar-refractivity contribution in [3.8, 4) is 5.88 Å². The normalized spacial score (nSPS) is 14.4. The molecular weight excluding hydrogens is 260 g/mol. The highest BCUT2D eigenvalue weighted by Crippen LogP contribution is 2.10. The van der Waals surface area contributed by atoms with Crippen molar-refractivity contribution in [2.75, 3.05) is 6.61 Å². The van der Waals surface area contributed by atoms with Gasteiger partial charge in [-0.3, -0.25) is 4.79 Å². The average Bonchev–Trinajstić information content (AvgIpc) is 2.34. The first-order valence-electron chi connectivity index (χ1n) is 6.47. The molecule has 6 nitrogen and oxygen atoms in total. The maximum absolute atomic E-state index is 11.6. The molecule has 0 radical (unpaired) electrons. The lowest BCUT2D eigenvalue weighted by atomic mass is 10.1. The molecule has 0 spiro atoms. The van der Waals surface area contributed by atoms with Crippen LogP contribution in [0, 0.1) is 0 Å². The van der Waals surface area contributed by atoms with Crippen LogP contribution in [0.3, 0.4) is 0 Å². The fraction of sp³-hybridized carbons (Fsp3) is 0.571. The van der Waals surface area contributed by atoms with Gasteiger partial charge in [-0.1, -0.05) is 6.07 Å². The van der Waals surface area contributed by atoms with Crippen LogP contribution in [0.2, 0.25) is 0 Å². The first-order valence-corrected chi connectivity index (χ1v) is 6.47. The van der Waals surface area contributed by atoms with Crippen LogP contribution < -0.4 is 10.5 Å². The van der Waals surface area contributed by atoms with E-state index in [1.165, 1.54) is 0 Å². The lowest BCUT2D eigenvalue weighted by molar-refractivity contribution is -0.156. The molecule has 2 atom stereocenters. The summed E-state index contributed by atoms with van der Waals surface area (Å²) in [7, 11) is 0. The van der Waals surface area contributed by atoms with Crippen molar-refractivity contribution in [2.24, 2.45) is 5.73 Å². The van der Waals surface area contributed by atoms with Crippen LogP contribution in [-0.4, -0.2) is 40.4 Å². The molecular formula is C14H22N2O4. The average molecular weight is 282 g/mol. The molecule has 1 aromatic rings. The zero-order chi connectivity index (χ0) is 15.2. The van der Waals surface area contributed by atoms with Crippen molar-refractivity contribution >= 4 is 5.97 Å². The number of aromatic nitrogens is 1. The molecule has 0 aromatic carbocycles. The van der Waals surface area contributed by atoms with Crippen LogP contribution in [0.5, 0.6) is 5.88 Å². The van der Waals surface area contributed by atoms with Crippen molar-refractivity contribution in [3.05, 3.63) is 24.4 Å². The van der Waals surface area contributed by atoms with E-state index in [1.54, 1.807) is 45.2 Å². The number of ether oxygens (including phenoxy) is 2. The monoisotopic (exact) mass is 282 g/mol. The highest BCUT2D eigenvalue weighted by Gasteiger charge is 2.23. The Kier molecular flexibility index (Phi) is 5.91. The number of esters is 1. The van der Waals surface area contributed by atoms with Crippen LogP contribution in [0.25, 0.3) is 0 Å². The molecule has 0 aliphatic rings. The number of nitrogens with zero attached hydrogens (tertiary/aromatic N) is 1. The van der Waals surface area contributed by atoms with Gasteiger partial charge in [-0.2, -0.15) is 0 Å². The number of carbonyl (C=O) groups is 1. The molecule has 0 aliphatic carbocycles. The summed E-state index contributed by atoms with van der Waals surface area (Å²) in [6, 6.07) is 4.47. The van der Waals surface area contributed by atoms with Crippen molar-refractivity contribution < 1.29 is 19.4 Å². The van der Waals surface area contributed by atoms with E-state index in [2.05, 4.69) is 4.98 Å². The molecule has 1 heterocycles. The van der Waals surface area contributed by atoms with E-state index in [0.29, 0.717) is 5.88 Å². The van der Waals surface area contributed by atoms with Gasteiger partial charge in [-0.15, -0.1) is 0 Å². The summed E-state index contributed by atoms with van der Waals surface area (Å²) in [5, 5.41) is 9.84. The maximum Gasteiger partial charge on any atom is 0.307 e. The highest BCUT2D eigenvalue weighted by atomic mass is 16.6. The van der Waals surface area contributed by atoms with Crippen LogP contribution in [0.1, 0.15) is 27.2 Å². The molecule has 1 unspecified atom stereocenters. The van der Waals surface area contributed by atoms with Gasteiger partial charge in [-0.05, 0) is 26.8 Å². The number of carbonyl (C=O) groups excluding carboxylic acids is 1. The van der Waals surface area contributed by atoms with Gasteiger partial charge in [0.2, 0.25) is 5.88 Å². The minimum Gasteiger partial charge on any atom is -0.475 e. The summed E-state index contributed by atoms with van der Waals surface area (Å²) >= 11 is 0. The maximum atomic E-state index is 11.6. The zero-order valence-electron chi connectivity index (χ0n) is 12.1. The Morgan fingerprint density at radius 2 is 2.15 bits per heavy atom. The topological polar surface area (TPSA) is 94.7 Å². The molecule has 0 amide bonds. The van der Waals surface area contributed by atoms with E-state index in [-0.39, 0.29) is 13.0 Å². The summed E-state index contributed by atoms with van der Waals surface area (Å²) < 4.78 is 10.4. The molecule has 0 bridgehead atoms. The summed E-state index contributed by atoms with van der Waals surface area (Å²) in [4.78, 5) is 15.5. The Morgan fingerprint density at radius 3 is 2.70 bits per heavy atom. The lowest BCUT2D eigenvalue weighted by Crippen LogP contribution is -2.41. The Labute approximate surface area is 118 Å². The van der Waals surface area contributed by atoms with E-state index < -0.39 is 23.7 Å². The van der Waals surface area contributed by atoms with Crippen LogP contribution in [0.4, 0.5) is 0 Å². The molecule has 0 fully saturated rings.